The van der Waals surface area contributed by atoms with E-state index in [4.69, 9.17) is 46.4 Å². The van der Waals surface area contributed by atoms with Gasteiger partial charge in [0, 0.05) is 62.6 Å². The van der Waals surface area contributed by atoms with Crippen molar-refractivity contribution in [3.8, 4) is 78.4 Å². The number of fused-ring (bicyclic) bond motifs is 18. The van der Waals surface area contributed by atoms with Gasteiger partial charge in [-0.3, -0.25) is 0 Å². The monoisotopic (exact) mass is 1660 g/mol. The van der Waals surface area contributed by atoms with E-state index in [1.807, 2.05) is 48.5 Å². The molecule has 0 saturated heterocycles. The molecule has 0 atom stereocenters. The molecule has 24 aromatic rings. The van der Waals surface area contributed by atoms with Gasteiger partial charge in [-0.2, -0.15) is 0 Å². The highest BCUT2D eigenvalue weighted by atomic mass is 35.5. The summed E-state index contributed by atoms with van der Waals surface area (Å²) in [7, 11) is 0. The van der Waals surface area contributed by atoms with Gasteiger partial charge in [-0.25, -0.2) is 39.9 Å². The highest BCUT2D eigenvalue weighted by Crippen LogP contribution is 2.47. The minimum absolute atomic E-state index is 0.275. The molecule has 16 aromatic carbocycles. The first-order chi connectivity index (χ1) is 58.1. The molecule has 16 heteroatoms. The summed E-state index contributed by atoms with van der Waals surface area (Å²) < 4.78 is 9.05. The molecule has 0 bridgehead atoms. The Morgan fingerprint density at radius 1 is 0.169 bits per heavy atom. The molecule has 0 saturated carbocycles. The van der Waals surface area contributed by atoms with Gasteiger partial charge in [0.05, 0.1) is 63.6 Å². The van der Waals surface area contributed by atoms with Crippen LogP contribution in [0.3, 0.4) is 0 Å². The van der Waals surface area contributed by atoms with E-state index in [0.29, 0.717) is 0 Å². The zero-order valence-electron chi connectivity index (χ0n) is 62.2. The van der Waals surface area contributed by atoms with Crippen molar-refractivity contribution in [2.45, 2.75) is 0 Å². The number of benzene rings is 16. The van der Waals surface area contributed by atoms with Crippen LogP contribution in [-0.4, -0.2) is 39.9 Å². The van der Waals surface area contributed by atoms with E-state index in [2.05, 4.69) is 343 Å². The van der Waals surface area contributed by atoms with Crippen LogP contribution in [0.1, 0.15) is 0 Å². The normalized spacial score (nSPS) is 11.6. The Balaban J connectivity index is 0.0000000978. The SMILES string of the molecule is Clc1nc(-c2cc3ccccc3c3ccccc23)c2sc3ccccc3c2n1.Clc1nc(-c2ccc(-c3ccc4ccccc4c3)cc2)c2sc3ccccc3c2n1.Clc1nc(-c2ccc(-c3ccccc3)c3ccccc23)c2sc3ccccc3c2n1.Clc1nc(-c2ccc3cc(-c4ccccc4)ccc3c2)c2sc3ccccc3c2n1. The van der Waals surface area contributed by atoms with E-state index < -0.39 is 0 Å². The summed E-state index contributed by atoms with van der Waals surface area (Å²) in [6, 6.07) is 123. The molecular formula is C102H58Cl4N8S4. The Kier molecular flexibility index (Phi) is 19.1. The highest BCUT2D eigenvalue weighted by Gasteiger charge is 2.23. The topological polar surface area (TPSA) is 103 Å². The molecule has 0 aliphatic carbocycles. The molecule has 0 amide bonds. The second-order valence-electron chi connectivity index (χ2n) is 28.5. The van der Waals surface area contributed by atoms with Crippen LogP contribution in [0.4, 0.5) is 0 Å². The van der Waals surface area contributed by atoms with Crippen LogP contribution in [-0.2, 0) is 0 Å². The molecule has 0 aliphatic rings. The lowest BCUT2D eigenvalue weighted by atomic mass is 9.94. The Morgan fingerprint density at radius 2 is 0.466 bits per heavy atom. The molecule has 0 radical (unpaired) electrons. The van der Waals surface area contributed by atoms with Gasteiger partial charge in [-0.1, -0.05) is 303 Å². The number of halogens is 4. The molecular weight excluding hydrogens is 1610 g/mol. The number of thiophene rings is 4. The number of hydrogen-bond acceptors (Lipinski definition) is 12. The Labute approximate surface area is 711 Å². The summed E-state index contributed by atoms with van der Waals surface area (Å²) in [5.74, 6) is 0. The van der Waals surface area contributed by atoms with Gasteiger partial charge in [0.15, 0.2) is 0 Å². The first-order valence-corrected chi connectivity index (χ1v) is 43.0. The predicted molar refractivity (Wildman–Crippen MR) is 505 cm³/mol. The van der Waals surface area contributed by atoms with Crippen molar-refractivity contribution in [1.82, 2.24) is 39.9 Å². The highest BCUT2D eigenvalue weighted by molar-refractivity contribution is 7.27. The smallest absolute Gasteiger partial charge is 0.216 e. The zero-order chi connectivity index (χ0) is 78.9. The second kappa shape index (κ2) is 31.0. The van der Waals surface area contributed by atoms with E-state index in [9.17, 15) is 0 Å². The van der Waals surface area contributed by atoms with Crippen LogP contribution in [0, 0.1) is 0 Å². The van der Waals surface area contributed by atoms with Gasteiger partial charge >= 0.3 is 0 Å². The fourth-order valence-electron chi connectivity index (χ4n) is 16.0. The van der Waals surface area contributed by atoms with Crippen LogP contribution in [0.25, 0.3) is 213 Å². The summed E-state index contributed by atoms with van der Waals surface area (Å²) in [4.78, 5) is 36.7. The third-order valence-corrected chi connectivity index (χ3v) is 26.9. The first-order valence-electron chi connectivity index (χ1n) is 38.2. The number of hydrogen-bond donors (Lipinski definition) is 0. The third kappa shape index (κ3) is 13.6. The number of aromatic nitrogens is 8. The minimum Gasteiger partial charge on any atom is -0.216 e. The average molecular weight is 1670 g/mol. The first kappa shape index (κ1) is 72.9. The molecule has 8 heterocycles. The van der Waals surface area contributed by atoms with Crippen molar-refractivity contribution in [2.24, 2.45) is 0 Å². The largest absolute Gasteiger partial charge is 0.223 e. The number of nitrogens with zero attached hydrogens (tertiary/aromatic N) is 8. The van der Waals surface area contributed by atoms with E-state index in [0.717, 1.165) is 113 Å². The maximum Gasteiger partial charge on any atom is 0.223 e. The lowest BCUT2D eigenvalue weighted by Gasteiger charge is -2.12. The number of rotatable bonds is 7. The Hall–Kier alpha value is -12.8. The lowest BCUT2D eigenvalue weighted by molar-refractivity contribution is 1.24. The van der Waals surface area contributed by atoms with Gasteiger partial charge < -0.3 is 0 Å². The van der Waals surface area contributed by atoms with E-state index in [1.54, 1.807) is 45.3 Å². The van der Waals surface area contributed by atoms with Crippen LogP contribution in [0.2, 0.25) is 21.1 Å². The average Bonchev–Trinajstić information content (AvgIpc) is 1.66. The quantitative estimate of drug-likeness (QED) is 0.115. The van der Waals surface area contributed by atoms with Gasteiger partial charge in [0.1, 0.15) is 0 Å². The third-order valence-electron chi connectivity index (χ3n) is 21.5. The standard InChI is InChI=1S/3C26H15ClN2S.C24H13ClN2S/c27-26-28-23(25-24(29-26)21-7-3-4-8-22(21)30-25)18-12-9-17(10-13-18)20-14-11-16-5-1-2-6-19(16)15-20;27-26-28-23(25-24(29-26)21-12-6-7-13-22(21)30-25)20-15-14-17(16-8-2-1-3-9-16)18-10-4-5-11-19(18)20;27-26-28-23(25-24(29-26)21-8-4-5-9-22(21)30-25)20-13-12-18-14-17(10-11-19(18)15-20)16-6-2-1-3-7-16;25-24-26-21-18-11-5-6-12-20(18)28-23(21)22(27-24)19-13-14-7-1-2-8-15(14)16-9-3-4-10-17(16)19/h3*1-15H;1-13H. The molecule has 558 valence electrons. The Bertz CT molecular complexity index is 8090. The summed E-state index contributed by atoms with van der Waals surface area (Å²) >= 11 is 32.3. The predicted octanol–water partition coefficient (Wildman–Crippen LogP) is 31.4. The molecule has 0 N–H and O–H groups in total. The molecule has 8 nitrogen and oxygen atoms in total. The molecule has 118 heavy (non-hydrogen) atoms. The van der Waals surface area contributed by atoms with Gasteiger partial charge in [-0.05, 0) is 182 Å². The maximum absolute atomic E-state index is 6.39. The van der Waals surface area contributed by atoms with E-state index in [1.165, 1.54) is 101 Å². The molecule has 0 unspecified atom stereocenters. The van der Waals surface area contributed by atoms with Crippen molar-refractivity contribution < 1.29 is 0 Å². The molecule has 24 rings (SSSR count). The summed E-state index contributed by atoms with van der Waals surface area (Å²) in [6.45, 7) is 0. The molecule has 0 fully saturated rings. The fraction of sp³-hybridized carbons (Fsp3) is 0. The summed E-state index contributed by atoms with van der Waals surface area (Å²) in [5, 5.41) is 17.7. The maximum atomic E-state index is 6.39. The molecule has 8 aromatic heterocycles. The van der Waals surface area contributed by atoms with Crippen molar-refractivity contribution >= 4 is 227 Å². The Morgan fingerprint density at radius 3 is 0.958 bits per heavy atom. The fourth-order valence-corrected chi connectivity index (χ4v) is 21.3. The molecule has 0 aliphatic heterocycles. The molecule has 0 spiro atoms. The van der Waals surface area contributed by atoms with Crippen LogP contribution < -0.4 is 0 Å². The van der Waals surface area contributed by atoms with E-state index in [-0.39, 0.29) is 21.1 Å². The van der Waals surface area contributed by atoms with E-state index >= 15 is 0 Å². The van der Waals surface area contributed by atoms with Crippen LogP contribution >= 0.6 is 91.8 Å². The zero-order valence-corrected chi connectivity index (χ0v) is 68.5. The van der Waals surface area contributed by atoms with Crippen molar-refractivity contribution in [3.05, 3.63) is 373 Å². The summed E-state index contributed by atoms with van der Waals surface area (Å²) in [6.07, 6.45) is 0. The van der Waals surface area contributed by atoms with Gasteiger partial charge in [0.25, 0.3) is 0 Å². The minimum atomic E-state index is 0.275. The van der Waals surface area contributed by atoms with Crippen LogP contribution in [0.5, 0.6) is 0 Å². The van der Waals surface area contributed by atoms with Crippen molar-refractivity contribution in [2.75, 3.05) is 0 Å². The summed E-state index contributed by atoms with van der Waals surface area (Å²) in [5.41, 5.74) is 18.7. The van der Waals surface area contributed by atoms with Crippen molar-refractivity contribution in [3.63, 3.8) is 0 Å². The van der Waals surface area contributed by atoms with Crippen LogP contribution in [0.15, 0.2) is 352 Å². The van der Waals surface area contributed by atoms with Crippen molar-refractivity contribution in [1.29, 1.82) is 0 Å². The second-order valence-corrected chi connectivity index (χ2v) is 34.1. The van der Waals surface area contributed by atoms with Gasteiger partial charge in [0.2, 0.25) is 21.1 Å². The lowest BCUT2D eigenvalue weighted by Crippen LogP contribution is -1.91. The van der Waals surface area contributed by atoms with Gasteiger partial charge in [-0.15, -0.1) is 45.3 Å².